The summed E-state index contributed by atoms with van der Waals surface area (Å²) < 4.78 is 2.46. The van der Waals surface area contributed by atoms with E-state index in [9.17, 15) is 0 Å². The Bertz CT molecular complexity index is 1100. The van der Waals surface area contributed by atoms with Crippen molar-refractivity contribution in [3.63, 3.8) is 0 Å². The van der Waals surface area contributed by atoms with Gasteiger partial charge in [0.25, 0.3) is 0 Å². The third-order valence-corrected chi connectivity index (χ3v) is 8.68. The van der Waals surface area contributed by atoms with Crippen LogP contribution in [0.2, 0.25) is 0 Å². The number of rotatable bonds is 3. The molecule has 33 heavy (non-hydrogen) atoms. The lowest BCUT2D eigenvalue weighted by Crippen LogP contribution is -2.57. The Kier molecular flexibility index (Phi) is 5.56. The van der Waals surface area contributed by atoms with Crippen LogP contribution in [-0.4, -0.2) is 23.5 Å². The molecule has 4 heteroatoms. The Morgan fingerprint density at radius 2 is 1.42 bits per heavy atom. The van der Waals surface area contributed by atoms with Crippen LogP contribution >= 0.6 is 0 Å². The van der Waals surface area contributed by atoms with Gasteiger partial charge in [0.05, 0.1) is 0 Å². The zero-order valence-electron chi connectivity index (χ0n) is 20.3. The minimum atomic E-state index is 0.173. The van der Waals surface area contributed by atoms with Gasteiger partial charge in [0.2, 0.25) is 0 Å². The predicted octanol–water partition coefficient (Wildman–Crippen LogP) is 6.65. The lowest BCUT2D eigenvalue weighted by molar-refractivity contribution is 0.438. The van der Waals surface area contributed by atoms with E-state index in [1.807, 2.05) is 6.20 Å². The molecular weight excluding hydrogens is 401 g/mol. The second kappa shape index (κ2) is 8.70. The molecule has 170 valence electrons. The molecule has 0 radical (unpaired) electrons. The second-order valence-electron chi connectivity index (χ2n) is 10.6. The van der Waals surface area contributed by atoms with E-state index in [2.05, 4.69) is 65.9 Å². The Hall–Kier alpha value is -2.49. The molecule has 1 aliphatic heterocycles. The summed E-state index contributed by atoms with van der Waals surface area (Å²) in [6, 6.07) is 14.0. The van der Waals surface area contributed by atoms with Crippen LogP contribution in [0.5, 0.6) is 0 Å². The van der Waals surface area contributed by atoms with Crippen molar-refractivity contribution in [2.75, 3.05) is 11.9 Å². The van der Waals surface area contributed by atoms with Crippen molar-refractivity contribution in [3.8, 4) is 11.4 Å². The second-order valence-corrected chi connectivity index (χ2v) is 10.6. The van der Waals surface area contributed by atoms with E-state index in [4.69, 9.17) is 4.98 Å². The molecule has 3 nitrogen and oxygen atoms in total. The molecule has 0 spiro atoms. The largest absolute Gasteiger partial charge is 0.417 e. The monoisotopic (exact) mass is 437 g/mol. The van der Waals surface area contributed by atoms with Gasteiger partial charge in [-0.3, -0.25) is 0 Å². The smallest absolute Gasteiger partial charge is 0.394 e. The van der Waals surface area contributed by atoms with Crippen LogP contribution in [-0.2, 0) is 0 Å². The van der Waals surface area contributed by atoms with Gasteiger partial charge in [-0.05, 0) is 79.7 Å². The lowest BCUT2D eigenvalue weighted by Gasteiger charge is -2.39. The van der Waals surface area contributed by atoms with Crippen LogP contribution < -0.4 is 10.3 Å². The number of anilines is 1. The van der Waals surface area contributed by atoms with E-state index >= 15 is 0 Å². The highest BCUT2D eigenvalue weighted by molar-refractivity contribution is 6.77. The summed E-state index contributed by atoms with van der Waals surface area (Å²) in [6.07, 6.45) is 17.9. The molecule has 2 heterocycles. The molecule has 6 rings (SSSR count). The number of aromatic nitrogens is 2. The van der Waals surface area contributed by atoms with Gasteiger partial charge in [0, 0.05) is 23.6 Å². The van der Waals surface area contributed by atoms with Gasteiger partial charge in [-0.2, -0.15) is 0 Å². The zero-order valence-corrected chi connectivity index (χ0v) is 20.3. The number of nitrogens with zero attached hydrogens (tertiary/aromatic N) is 3. The first kappa shape index (κ1) is 21.1. The van der Waals surface area contributed by atoms with Gasteiger partial charge in [-0.15, -0.1) is 0 Å². The van der Waals surface area contributed by atoms with E-state index in [1.165, 1.54) is 81.0 Å². The molecule has 3 aromatic rings. The molecule has 3 aliphatic rings. The van der Waals surface area contributed by atoms with Crippen molar-refractivity contribution in [1.29, 1.82) is 0 Å². The average molecular weight is 437 g/mol. The molecule has 0 saturated heterocycles. The molecule has 2 fully saturated rings. The third kappa shape index (κ3) is 3.53. The minimum absolute atomic E-state index is 0.173. The summed E-state index contributed by atoms with van der Waals surface area (Å²) in [4.78, 5) is 7.42. The van der Waals surface area contributed by atoms with Crippen LogP contribution in [0.1, 0.15) is 92.7 Å². The van der Waals surface area contributed by atoms with Gasteiger partial charge in [-0.25, -0.2) is 4.98 Å². The number of benzene rings is 2. The van der Waals surface area contributed by atoms with Gasteiger partial charge in [0.1, 0.15) is 5.82 Å². The fourth-order valence-electron chi connectivity index (χ4n) is 7.03. The summed E-state index contributed by atoms with van der Waals surface area (Å²) in [6.45, 7) is 2.39. The maximum atomic E-state index is 4.89. The zero-order chi connectivity index (χ0) is 22.4. The predicted molar refractivity (Wildman–Crippen MR) is 140 cm³/mol. The van der Waals surface area contributed by atoms with Gasteiger partial charge < -0.3 is 9.29 Å². The van der Waals surface area contributed by atoms with Gasteiger partial charge >= 0.3 is 6.98 Å². The molecule has 0 N–H and O–H groups in total. The Balaban J connectivity index is 1.56. The molecular formula is C29H36BN3. The van der Waals surface area contributed by atoms with Crippen LogP contribution in [0.4, 0.5) is 5.69 Å². The minimum Gasteiger partial charge on any atom is -0.394 e. The van der Waals surface area contributed by atoms with Crippen LogP contribution in [0.15, 0.2) is 48.8 Å². The summed E-state index contributed by atoms with van der Waals surface area (Å²) in [5.74, 6) is 2.51. The molecule has 2 saturated carbocycles. The van der Waals surface area contributed by atoms with Gasteiger partial charge in [0.15, 0.2) is 0 Å². The topological polar surface area (TPSA) is 21.1 Å². The molecule has 0 bridgehead atoms. The van der Waals surface area contributed by atoms with Crippen molar-refractivity contribution >= 4 is 18.1 Å². The van der Waals surface area contributed by atoms with E-state index in [-0.39, 0.29) is 6.98 Å². The Labute approximate surface area is 199 Å². The first-order valence-electron chi connectivity index (χ1n) is 13.2. The van der Waals surface area contributed by atoms with E-state index in [1.54, 1.807) is 16.6 Å². The fourth-order valence-corrected chi connectivity index (χ4v) is 7.03. The summed E-state index contributed by atoms with van der Waals surface area (Å²) in [5.41, 5.74) is 8.72. The Morgan fingerprint density at radius 3 is 2.06 bits per heavy atom. The molecule has 0 atom stereocenters. The number of hydrogen-bond donors (Lipinski definition) is 0. The molecule has 2 aliphatic carbocycles. The maximum Gasteiger partial charge on any atom is 0.417 e. The maximum absolute atomic E-state index is 4.89. The highest BCUT2D eigenvalue weighted by Crippen LogP contribution is 2.41. The van der Waals surface area contributed by atoms with Crippen molar-refractivity contribution in [2.45, 2.75) is 83.0 Å². The fraction of sp³-hybridized carbons (Fsp3) is 0.483. The lowest BCUT2D eigenvalue weighted by atomic mass is 9.56. The van der Waals surface area contributed by atoms with Crippen molar-refractivity contribution < 1.29 is 0 Å². The third-order valence-electron chi connectivity index (χ3n) is 8.68. The van der Waals surface area contributed by atoms with E-state index in [0.29, 0.717) is 11.8 Å². The summed E-state index contributed by atoms with van der Waals surface area (Å²) >= 11 is 0. The van der Waals surface area contributed by atoms with Crippen molar-refractivity contribution in [3.05, 3.63) is 65.5 Å². The molecule has 2 aromatic carbocycles. The highest BCUT2D eigenvalue weighted by atomic mass is 15.2. The van der Waals surface area contributed by atoms with Gasteiger partial charge in [-0.1, -0.05) is 68.9 Å². The van der Waals surface area contributed by atoms with Crippen molar-refractivity contribution in [2.24, 2.45) is 0 Å². The number of fused-ring (bicyclic) bond motifs is 3. The summed E-state index contributed by atoms with van der Waals surface area (Å²) in [7, 11) is 2.30. The normalized spacial score (nSPS) is 19.5. The van der Waals surface area contributed by atoms with Crippen LogP contribution in [0, 0.1) is 6.92 Å². The van der Waals surface area contributed by atoms with Crippen LogP contribution in [0.3, 0.4) is 0 Å². The van der Waals surface area contributed by atoms with E-state index < -0.39 is 0 Å². The molecule has 1 aromatic heterocycles. The quantitative estimate of drug-likeness (QED) is 0.428. The first-order valence-corrected chi connectivity index (χ1v) is 13.2. The Morgan fingerprint density at radius 1 is 0.818 bits per heavy atom. The van der Waals surface area contributed by atoms with E-state index in [0.717, 1.165) is 5.82 Å². The number of hydrogen-bond acceptors (Lipinski definition) is 2. The molecule has 0 unspecified atom stereocenters. The number of imidazole rings is 1. The first-order chi connectivity index (χ1) is 16.2. The van der Waals surface area contributed by atoms with Crippen LogP contribution in [0.25, 0.3) is 11.4 Å². The SMILES string of the molecule is Cc1cccc2c1-c1nccn1B(c1c(C3CCCCC3)cccc1C1CCCCC1)N2C. The number of aryl methyl sites for hydroxylation is 1. The standard InChI is InChI=1S/C29H36BN3/c1-21-11-9-18-26-27(21)29-31-19-20-33(29)30(32(26)2)28-24(22-12-5-3-6-13-22)16-10-17-25(28)23-14-7-4-8-15-23/h9-11,16-20,22-23H,3-8,12-15H2,1-2H3. The van der Waals surface area contributed by atoms with Crippen molar-refractivity contribution in [1.82, 2.24) is 9.46 Å². The summed E-state index contributed by atoms with van der Waals surface area (Å²) in [5, 5.41) is 0. The average Bonchev–Trinajstić information content (AvgIpc) is 3.35. The molecule has 0 amide bonds. The highest BCUT2D eigenvalue weighted by Gasteiger charge is 2.40.